The number of nitrogens with zero attached hydrogens (tertiary/aromatic N) is 1. The van der Waals surface area contributed by atoms with Gasteiger partial charge in [0.2, 0.25) is 0 Å². The molecular weight excluding hydrogens is 284 g/mol. The van der Waals surface area contributed by atoms with Crippen molar-refractivity contribution in [3.8, 4) is 5.75 Å². The van der Waals surface area contributed by atoms with Crippen LogP contribution < -0.4 is 10.1 Å². The molecule has 0 saturated heterocycles. The Morgan fingerprint density at radius 3 is 2.71 bits per heavy atom. The summed E-state index contributed by atoms with van der Waals surface area (Å²) in [5.74, 6) is 0.546. The smallest absolute Gasteiger partial charge is 0.261 e. The molecule has 1 aromatic carbocycles. The number of carbonyl (C=O) groups excluding carboxylic acids is 1. The van der Waals surface area contributed by atoms with E-state index >= 15 is 0 Å². The Morgan fingerprint density at radius 2 is 2.10 bits per heavy atom. The fourth-order valence-electron chi connectivity index (χ4n) is 1.75. The minimum atomic E-state index is -0.540. The lowest BCUT2D eigenvalue weighted by Gasteiger charge is -2.15. The molecule has 0 aliphatic carbocycles. The van der Waals surface area contributed by atoms with Crippen LogP contribution in [-0.4, -0.2) is 23.3 Å². The average molecular weight is 302 g/mol. The van der Waals surface area contributed by atoms with Crippen LogP contribution in [-0.2, 0) is 11.3 Å². The molecule has 5 heteroatoms. The molecule has 0 spiro atoms. The third-order valence-corrected chi connectivity index (χ3v) is 3.67. The summed E-state index contributed by atoms with van der Waals surface area (Å²) in [6.07, 6.45) is 4.91. The lowest BCUT2D eigenvalue weighted by Crippen LogP contribution is -2.35. The van der Waals surface area contributed by atoms with Crippen LogP contribution in [0.3, 0.4) is 0 Å². The van der Waals surface area contributed by atoms with Gasteiger partial charge < -0.3 is 10.1 Å². The molecule has 1 heterocycles. The van der Waals surface area contributed by atoms with E-state index in [0.717, 1.165) is 10.5 Å². The summed E-state index contributed by atoms with van der Waals surface area (Å²) in [6.45, 7) is 2.19. The standard InChI is InChI=1S/C16H18N2O2S/c1-12(20-14-5-7-15(21-2)8-6-14)16(19)18-11-13-4-3-9-17-10-13/h3-10,12H,11H2,1-2H3,(H,18,19). The second-order valence-electron chi connectivity index (χ2n) is 4.51. The molecule has 21 heavy (non-hydrogen) atoms. The van der Waals surface area contributed by atoms with E-state index in [4.69, 9.17) is 4.74 Å². The SMILES string of the molecule is CSc1ccc(OC(C)C(=O)NCc2cccnc2)cc1. The topological polar surface area (TPSA) is 51.2 Å². The van der Waals surface area contributed by atoms with Gasteiger partial charge in [-0.05, 0) is 49.1 Å². The van der Waals surface area contributed by atoms with Gasteiger partial charge in [0.05, 0.1) is 0 Å². The van der Waals surface area contributed by atoms with Crippen LogP contribution in [0.1, 0.15) is 12.5 Å². The van der Waals surface area contributed by atoms with Gasteiger partial charge in [-0.25, -0.2) is 0 Å². The Morgan fingerprint density at radius 1 is 1.33 bits per heavy atom. The van der Waals surface area contributed by atoms with E-state index in [1.54, 1.807) is 31.1 Å². The van der Waals surface area contributed by atoms with Crippen molar-refractivity contribution in [2.75, 3.05) is 6.26 Å². The van der Waals surface area contributed by atoms with Crippen molar-refractivity contribution in [2.45, 2.75) is 24.5 Å². The number of rotatable bonds is 6. The second kappa shape index (κ2) is 7.69. The molecule has 0 radical (unpaired) electrons. The van der Waals surface area contributed by atoms with E-state index in [-0.39, 0.29) is 5.91 Å². The maximum atomic E-state index is 12.0. The van der Waals surface area contributed by atoms with E-state index in [2.05, 4.69) is 10.3 Å². The van der Waals surface area contributed by atoms with Gasteiger partial charge in [0.1, 0.15) is 5.75 Å². The summed E-state index contributed by atoms with van der Waals surface area (Å²) in [6, 6.07) is 11.4. The summed E-state index contributed by atoms with van der Waals surface area (Å²) in [5, 5.41) is 2.83. The number of hydrogen-bond donors (Lipinski definition) is 1. The van der Waals surface area contributed by atoms with Crippen molar-refractivity contribution in [3.63, 3.8) is 0 Å². The van der Waals surface area contributed by atoms with Crippen LogP contribution in [0, 0.1) is 0 Å². The van der Waals surface area contributed by atoms with Gasteiger partial charge in [0.15, 0.2) is 6.10 Å². The first-order chi connectivity index (χ1) is 10.2. The summed E-state index contributed by atoms with van der Waals surface area (Å²) in [4.78, 5) is 17.2. The molecule has 110 valence electrons. The molecule has 1 N–H and O–H groups in total. The zero-order valence-electron chi connectivity index (χ0n) is 12.1. The highest BCUT2D eigenvalue weighted by Crippen LogP contribution is 2.19. The van der Waals surface area contributed by atoms with Gasteiger partial charge >= 0.3 is 0 Å². The quantitative estimate of drug-likeness (QED) is 0.834. The normalized spacial score (nSPS) is 11.7. The molecule has 0 aliphatic rings. The minimum Gasteiger partial charge on any atom is -0.481 e. The van der Waals surface area contributed by atoms with Crippen LogP contribution in [0.2, 0.25) is 0 Å². The monoisotopic (exact) mass is 302 g/mol. The zero-order valence-corrected chi connectivity index (χ0v) is 12.9. The molecule has 4 nitrogen and oxygen atoms in total. The maximum Gasteiger partial charge on any atom is 0.261 e. The number of benzene rings is 1. The molecule has 0 saturated carbocycles. The fourth-order valence-corrected chi connectivity index (χ4v) is 2.16. The third-order valence-electron chi connectivity index (χ3n) is 2.93. The van der Waals surface area contributed by atoms with Crippen molar-refractivity contribution in [2.24, 2.45) is 0 Å². The number of nitrogens with one attached hydrogen (secondary N) is 1. The molecule has 1 amide bonds. The number of pyridine rings is 1. The molecule has 0 bridgehead atoms. The summed E-state index contributed by atoms with van der Waals surface area (Å²) in [5.41, 5.74) is 0.961. The van der Waals surface area contributed by atoms with Gasteiger partial charge in [-0.2, -0.15) is 0 Å². The van der Waals surface area contributed by atoms with Crippen LogP contribution in [0.25, 0.3) is 0 Å². The summed E-state index contributed by atoms with van der Waals surface area (Å²) >= 11 is 1.67. The van der Waals surface area contributed by atoms with Crippen molar-refractivity contribution >= 4 is 17.7 Å². The van der Waals surface area contributed by atoms with E-state index in [9.17, 15) is 4.79 Å². The van der Waals surface area contributed by atoms with Gasteiger partial charge in [0.25, 0.3) is 5.91 Å². The zero-order chi connectivity index (χ0) is 15.1. The molecule has 2 aromatic rings. The fraction of sp³-hybridized carbons (Fsp3) is 0.250. The first-order valence-electron chi connectivity index (χ1n) is 6.66. The van der Waals surface area contributed by atoms with E-state index in [1.165, 1.54) is 0 Å². The first kappa shape index (κ1) is 15.4. The lowest BCUT2D eigenvalue weighted by molar-refractivity contribution is -0.127. The van der Waals surface area contributed by atoms with Gasteiger partial charge in [-0.15, -0.1) is 11.8 Å². The molecule has 0 fully saturated rings. The van der Waals surface area contributed by atoms with E-state index in [1.807, 2.05) is 42.7 Å². The Balaban J connectivity index is 1.84. The summed E-state index contributed by atoms with van der Waals surface area (Å²) < 4.78 is 5.63. The minimum absolute atomic E-state index is 0.146. The van der Waals surface area contributed by atoms with E-state index in [0.29, 0.717) is 12.3 Å². The molecule has 0 aliphatic heterocycles. The first-order valence-corrected chi connectivity index (χ1v) is 7.89. The molecule has 2 rings (SSSR count). The number of hydrogen-bond acceptors (Lipinski definition) is 4. The number of aromatic nitrogens is 1. The van der Waals surface area contributed by atoms with Crippen molar-refractivity contribution in [1.82, 2.24) is 10.3 Å². The Hall–Kier alpha value is -2.01. The molecule has 1 aromatic heterocycles. The van der Waals surface area contributed by atoms with E-state index < -0.39 is 6.10 Å². The number of thioether (sulfide) groups is 1. The number of amides is 1. The van der Waals surface area contributed by atoms with Gasteiger partial charge in [-0.3, -0.25) is 9.78 Å². The predicted molar refractivity (Wildman–Crippen MR) is 84.4 cm³/mol. The maximum absolute atomic E-state index is 12.0. The van der Waals surface area contributed by atoms with Crippen LogP contribution in [0.5, 0.6) is 5.75 Å². The van der Waals surface area contributed by atoms with Gasteiger partial charge in [-0.1, -0.05) is 6.07 Å². The largest absolute Gasteiger partial charge is 0.481 e. The second-order valence-corrected chi connectivity index (χ2v) is 5.39. The Kier molecular flexibility index (Phi) is 5.63. The van der Waals surface area contributed by atoms with Crippen LogP contribution >= 0.6 is 11.8 Å². The van der Waals surface area contributed by atoms with Crippen molar-refractivity contribution < 1.29 is 9.53 Å². The average Bonchev–Trinajstić information content (AvgIpc) is 2.54. The Bertz CT molecular complexity index is 573. The number of carbonyl (C=O) groups is 1. The van der Waals surface area contributed by atoms with Crippen LogP contribution in [0.15, 0.2) is 53.7 Å². The molecule has 1 unspecified atom stereocenters. The van der Waals surface area contributed by atoms with Gasteiger partial charge in [0, 0.05) is 23.8 Å². The number of ether oxygens (including phenoxy) is 1. The lowest BCUT2D eigenvalue weighted by atomic mass is 10.2. The van der Waals surface area contributed by atoms with Crippen molar-refractivity contribution in [1.29, 1.82) is 0 Å². The highest BCUT2D eigenvalue weighted by molar-refractivity contribution is 7.98. The summed E-state index contributed by atoms with van der Waals surface area (Å²) in [7, 11) is 0. The third kappa shape index (κ3) is 4.79. The predicted octanol–water partition coefficient (Wildman–Crippen LogP) is 2.89. The molecule has 1 atom stereocenters. The van der Waals surface area contributed by atoms with Crippen LogP contribution in [0.4, 0.5) is 0 Å². The highest BCUT2D eigenvalue weighted by Gasteiger charge is 2.14. The Labute approximate surface area is 128 Å². The highest BCUT2D eigenvalue weighted by atomic mass is 32.2. The van der Waals surface area contributed by atoms with Crippen molar-refractivity contribution in [3.05, 3.63) is 54.4 Å². The molecular formula is C16H18N2O2S.